The van der Waals surface area contributed by atoms with Gasteiger partial charge in [-0.1, -0.05) is 0 Å². The highest BCUT2D eigenvalue weighted by Crippen LogP contribution is 2.30. The highest BCUT2D eigenvalue weighted by Gasteiger charge is 2.52. The standard InChI is InChI=1S/C24BF20.C8H10N2O2/c26-5-1(6(27)14(35)21(42)13(5)34)25(2-7(28)15(36)22(43)16(37)8(2)29,3-9(30)17(38)23(44)18(39)10(3)31)4-11(32)19(40)24(45)20(41)12(4)33;1-9(2)7-4-3-5-8(6-7)10(11)12/h;3-6H,1-2H3/q-1;/p+1. The molecule has 0 aliphatic heterocycles. The molecule has 25 heteroatoms. The maximum Gasteiger partial charge on any atom is 0.275 e. The van der Waals surface area contributed by atoms with Crippen LogP contribution >= 0.6 is 0 Å². The largest absolute Gasteiger partial charge is 0.307 e. The number of nitrogens with zero attached hydrogens (tertiary/aromatic N) is 1. The first kappa shape index (κ1) is 43.8. The number of nitro groups is 1. The van der Waals surface area contributed by atoms with Gasteiger partial charge in [-0.15, -0.1) is 21.9 Å². The highest BCUT2D eigenvalue weighted by molar-refractivity contribution is 7.20. The van der Waals surface area contributed by atoms with Crippen molar-refractivity contribution >= 4 is 39.4 Å². The fourth-order valence-corrected chi connectivity index (χ4v) is 5.80. The number of halogens is 20. The Kier molecular flexibility index (Phi) is 12.0. The van der Waals surface area contributed by atoms with Crippen molar-refractivity contribution in [2.24, 2.45) is 0 Å². The molecule has 5 aromatic carbocycles. The zero-order chi connectivity index (χ0) is 43.5. The van der Waals surface area contributed by atoms with E-state index >= 15 is 35.1 Å². The molecule has 0 fully saturated rings. The molecular formula is C32H11BF20N2O2. The number of quaternary nitrogens is 1. The number of hydrogen-bond acceptors (Lipinski definition) is 2. The molecule has 0 aliphatic carbocycles. The van der Waals surface area contributed by atoms with E-state index < -0.39 is 144 Å². The van der Waals surface area contributed by atoms with Gasteiger partial charge in [0, 0.05) is 6.07 Å². The third-order valence-electron chi connectivity index (χ3n) is 8.34. The number of nitrogens with one attached hydrogen (secondary N) is 1. The van der Waals surface area contributed by atoms with Crippen LogP contribution in [0.5, 0.6) is 0 Å². The van der Waals surface area contributed by atoms with Crippen molar-refractivity contribution in [2.75, 3.05) is 14.1 Å². The summed E-state index contributed by atoms with van der Waals surface area (Å²) in [6.45, 7) is 0. The second-order valence-electron chi connectivity index (χ2n) is 11.6. The zero-order valence-corrected chi connectivity index (χ0v) is 27.2. The Morgan fingerprint density at radius 2 is 0.614 bits per heavy atom. The Hall–Kier alpha value is -5.88. The second kappa shape index (κ2) is 15.6. The maximum atomic E-state index is 15.4. The van der Waals surface area contributed by atoms with Gasteiger partial charge in [0.15, 0.2) is 69.8 Å². The van der Waals surface area contributed by atoms with Gasteiger partial charge in [-0.25, -0.2) is 87.8 Å². The molecule has 0 aromatic heterocycles. The monoisotopic (exact) mass is 846 g/mol. The van der Waals surface area contributed by atoms with Crippen molar-refractivity contribution in [3.63, 3.8) is 0 Å². The SMILES string of the molecule is C[NH+](C)c1cccc([N+](=O)[O-])c1.Fc1c(F)c(F)c([B-](c2c(F)c(F)c(F)c(F)c2F)(c2c(F)c(F)c(F)c(F)c2F)c2c(F)c(F)c(F)c(F)c2F)c(F)c1F. The molecule has 1 N–H and O–H groups in total. The molecule has 5 aromatic rings. The predicted molar refractivity (Wildman–Crippen MR) is 155 cm³/mol. The molecule has 4 nitrogen and oxygen atoms in total. The van der Waals surface area contributed by atoms with Crippen LogP contribution in [0.25, 0.3) is 0 Å². The van der Waals surface area contributed by atoms with Crippen molar-refractivity contribution < 1.29 is 97.6 Å². The third-order valence-corrected chi connectivity index (χ3v) is 8.34. The Labute approximate surface area is 302 Å². The minimum atomic E-state index is -7.22. The first-order chi connectivity index (χ1) is 26.3. The molecule has 5 rings (SSSR count). The van der Waals surface area contributed by atoms with E-state index in [0.717, 1.165) is 10.6 Å². The molecule has 0 atom stereocenters. The number of benzene rings is 5. The van der Waals surface area contributed by atoms with Crippen molar-refractivity contribution in [1.29, 1.82) is 0 Å². The van der Waals surface area contributed by atoms with Gasteiger partial charge in [0.2, 0.25) is 0 Å². The quantitative estimate of drug-likeness (QED) is 0.0552. The number of rotatable bonds is 6. The van der Waals surface area contributed by atoms with Crippen LogP contribution in [0, 0.1) is 126 Å². The van der Waals surface area contributed by atoms with Crippen LogP contribution in [0.4, 0.5) is 99.2 Å². The molecule has 0 saturated heterocycles. The molecule has 0 heterocycles. The summed E-state index contributed by atoms with van der Waals surface area (Å²) in [7, 11) is 3.86. The van der Waals surface area contributed by atoms with Gasteiger partial charge in [-0.3, -0.25) is 10.1 Å². The van der Waals surface area contributed by atoms with E-state index in [1.54, 1.807) is 12.1 Å². The van der Waals surface area contributed by atoms with Crippen molar-refractivity contribution in [2.45, 2.75) is 0 Å². The summed E-state index contributed by atoms with van der Waals surface area (Å²) in [6, 6.07) is 6.63. The Bertz CT molecular complexity index is 2120. The number of hydrogen-bond donors (Lipinski definition) is 1. The lowest BCUT2D eigenvalue weighted by molar-refractivity contribution is -0.786. The van der Waals surface area contributed by atoms with Gasteiger partial charge in [-0.2, -0.15) is 0 Å². The van der Waals surface area contributed by atoms with E-state index in [4.69, 9.17) is 0 Å². The van der Waals surface area contributed by atoms with Crippen LogP contribution in [-0.4, -0.2) is 25.2 Å². The molecule has 0 spiro atoms. The molecule has 0 aliphatic rings. The summed E-state index contributed by atoms with van der Waals surface area (Å²) in [5, 5.41) is 10.4. The maximum absolute atomic E-state index is 15.4. The third kappa shape index (κ3) is 6.65. The highest BCUT2D eigenvalue weighted by atomic mass is 19.2. The minimum Gasteiger partial charge on any atom is -0.307 e. The van der Waals surface area contributed by atoms with E-state index in [2.05, 4.69) is 0 Å². The van der Waals surface area contributed by atoms with Gasteiger partial charge >= 0.3 is 0 Å². The van der Waals surface area contributed by atoms with Crippen molar-refractivity contribution in [1.82, 2.24) is 0 Å². The Morgan fingerprint density at radius 3 is 0.807 bits per heavy atom. The zero-order valence-electron chi connectivity index (χ0n) is 27.2. The fourth-order valence-electron chi connectivity index (χ4n) is 5.80. The summed E-state index contributed by atoms with van der Waals surface area (Å²) in [4.78, 5) is 11.1. The van der Waals surface area contributed by atoms with E-state index in [1.807, 2.05) is 20.2 Å². The van der Waals surface area contributed by atoms with Gasteiger partial charge in [0.1, 0.15) is 58.4 Å². The molecule has 0 bridgehead atoms. The van der Waals surface area contributed by atoms with Crippen molar-refractivity contribution in [3.05, 3.63) is 151 Å². The molecular weight excluding hydrogens is 835 g/mol. The van der Waals surface area contributed by atoms with E-state index in [1.165, 1.54) is 6.07 Å². The number of nitro benzene ring substituents is 1. The summed E-state index contributed by atoms with van der Waals surface area (Å²) < 4.78 is 294. The lowest BCUT2D eigenvalue weighted by atomic mass is 9.12. The van der Waals surface area contributed by atoms with Crippen LogP contribution in [0.2, 0.25) is 0 Å². The minimum absolute atomic E-state index is 0.147. The van der Waals surface area contributed by atoms with Crippen LogP contribution in [0.3, 0.4) is 0 Å². The lowest BCUT2D eigenvalue weighted by Crippen LogP contribution is -3.00. The molecule has 0 radical (unpaired) electrons. The van der Waals surface area contributed by atoms with Gasteiger partial charge < -0.3 is 4.90 Å². The molecule has 0 saturated carbocycles. The van der Waals surface area contributed by atoms with Crippen LogP contribution < -0.4 is 26.8 Å². The summed E-state index contributed by atoms with van der Waals surface area (Å²) >= 11 is 0. The first-order valence-corrected chi connectivity index (χ1v) is 14.6. The van der Waals surface area contributed by atoms with Crippen molar-refractivity contribution in [3.8, 4) is 0 Å². The normalized spacial score (nSPS) is 11.6. The topological polar surface area (TPSA) is 47.6 Å². The molecule has 57 heavy (non-hydrogen) atoms. The van der Waals surface area contributed by atoms with Gasteiger partial charge in [0.25, 0.3) is 5.69 Å². The Morgan fingerprint density at radius 1 is 0.404 bits per heavy atom. The summed E-state index contributed by atoms with van der Waals surface area (Å²) in [5.74, 6) is -71.4. The summed E-state index contributed by atoms with van der Waals surface area (Å²) in [5.41, 5.74) is -13.3. The van der Waals surface area contributed by atoms with Gasteiger partial charge in [0.05, 0.1) is 25.1 Å². The average molecular weight is 846 g/mol. The van der Waals surface area contributed by atoms with Gasteiger partial charge in [-0.05, 0) is 12.1 Å². The average Bonchev–Trinajstić information content (AvgIpc) is 3.18. The van der Waals surface area contributed by atoms with E-state index in [-0.39, 0.29) is 10.6 Å². The van der Waals surface area contributed by atoms with Crippen LogP contribution in [-0.2, 0) is 0 Å². The smallest absolute Gasteiger partial charge is 0.275 e. The van der Waals surface area contributed by atoms with E-state index in [0.29, 0.717) is 0 Å². The Balaban J connectivity index is 0.000000512. The number of non-ortho nitro benzene ring substituents is 1. The molecule has 304 valence electrons. The van der Waals surface area contributed by atoms with E-state index in [9.17, 15) is 62.8 Å². The van der Waals surface area contributed by atoms with Crippen LogP contribution in [0.15, 0.2) is 24.3 Å². The molecule has 0 unspecified atom stereocenters. The molecule has 0 amide bonds. The second-order valence-corrected chi connectivity index (χ2v) is 11.6. The summed E-state index contributed by atoms with van der Waals surface area (Å²) in [6.07, 6.45) is -7.22. The lowest BCUT2D eigenvalue weighted by Gasteiger charge is -2.44. The predicted octanol–water partition coefficient (Wildman–Crippen LogP) is 6.22. The fraction of sp³-hybridized carbons (Fsp3) is 0.0625. The van der Waals surface area contributed by atoms with Crippen LogP contribution in [0.1, 0.15) is 0 Å². The first-order valence-electron chi connectivity index (χ1n) is 14.6.